The van der Waals surface area contributed by atoms with Crippen molar-refractivity contribution in [2.24, 2.45) is 17.6 Å². The van der Waals surface area contributed by atoms with Crippen molar-refractivity contribution in [3.63, 3.8) is 0 Å². The Balaban J connectivity index is 1.43. The predicted molar refractivity (Wildman–Crippen MR) is 122 cm³/mol. The van der Waals surface area contributed by atoms with Gasteiger partial charge in [-0.15, -0.1) is 0 Å². The molecule has 34 heavy (non-hydrogen) atoms. The van der Waals surface area contributed by atoms with Crippen molar-refractivity contribution in [1.29, 1.82) is 0 Å². The summed E-state index contributed by atoms with van der Waals surface area (Å²) in [6.45, 7) is 4.09. The van der Waals surface area contributed by atoms with E-state index >= 15 is 0 Å². The molecule has 4 unspecified atom stereocenters. The summed E-state index contributed by atoms with van der Waals surface area (Å²) in [6.07, 6.45) is 2.47. The molecule has 2 saturated heterocycles. The van der Waals surface area contributed by atoms with Crippen LogP contribution in [0, 0.1) is 18.8 Å². The maximum atomic E-state index is 13.7. The molecule has 10 heteroatoms. The number of alkyl halides is 3. The van der Waals surface area contributed by atoms with Crippen molar-refractivity contribution in [3.05, 3.63) is 23.5 Å². The van der Waals surface area contributed by atoms with Crippen LogP contribution in [0.2, 0.25) is 0 Å². The number of rotatable bonds is 3. The molecule has 1 aliphatic carbocycles. The average molecular weight is 479 g/mol. The molecule has 1 amide bonds. The molecule has 0 radical (unpaired) electrons. The Kier molecular flexibility index (Phi) is 6.20. The average Bonchev–Trinajstić information content (AvgIpc) is 3.43. The van der Waals surface area contributed by atoms with Crippen LogP contribution in [0.4, 0.5) is 19.0 Å². The fourth-order valence-corrected chi connectivity index (χ4v) is 6.02. The number of likely N-dealkylation sites (tertiary alicyclic amines) is 1. The standard InChI is InChI=1S/C24H33F3N6O/c1-15-13-33-21(29-22(15)31-11-9-16(28)14-31)12-19(30-33)20-8-4-5-10-32(20)23(34)17-6-2-3-7-18(17)24(25,26)27/h12-13,16-18,20H,2-11,14,28H2,1H3. The third-order valence-corrected chi connectivity index (χ3v) is 7.78. The summed E-state index contributed by atoms with van der Waals surface area (Å²) in [6, 6.07) is 1.71. The zero-order valence-electron chi connectivity index (χ0n) is 19.6. The van der Waals surface area contributed by atoms with Gasteiger partial charge in [-0.1, -0.05) is 12.8 Å². The zero-order valence-corrected chi connectivity index (χ0v) is 19.6. The number of halogens is 3. The maximum Gasteiger partial charge on any atom is 0.392 e. The van der Waals surface area contributed by atoms with Gasteiger partial charge in [-0.2, -0.15) is 18.3 Å². The second-order valence-corrected chi connectivity index (χ2v) is 10.2. The molecule has 3 fully saturated rings. The number of fused-ring (bicyclic) bond motifs is 1. The quantitative estimate of drug-likeness (QED) is 0.722. The van der Waals surface area contributed by atoms with E-state index in [0.29, 0.717) is 43.6 Å². The third-order valence-electron chi connectivity index (χ3n) is 7.78. The summed E-state index contributed by atoms with van der Waals surface area (Å²) < 4.78 is 42.8. The van der Waals surface area contributed by atoms with Crippen molar-refractivity contribution in [3.8, 4) is 0 Å². The number of nitrogens with zero attached hydrogens (tertiary/aromatic N) is 5. The lowest BCUT2D eigenvalue weighted by Crippen LogP contribution is -2.47. The number of amides is 1. The molecule has 0 spiro atoms. The molecular weight excluding hydrogens is 445 g/mol. The van der Waals surface area contributed by atoms with Crippen LogP contribution in [0.5, 0.6) is 0 Å². The lowest BCUT2D eigenvalue weighted by Gasteiger charge is -2.40. The van der Waals surface area contributed by atoms with E-state index in [1.165, 1.54) is 0 Å². The van der Waals surface area contributed by atoms with Crippen molar-refractivity contribution >= 4 is 17.4 Å². The number of carbonyl (C=O) groups excluding carboxylic acids is 1. The number of hydrogen-bond acceptors (Lipinski definition) is 5. The van der Waals surface area contributed by atoms with E-state index in [9.17, 15) is 18.0 Å². The Morgan fingerprint density at radius 1 is 1.09 bits per heavy atom. The van der Waals surface area contributed by atoms with Gasteiger partial charge in [0.25, 0.3) is 0 Å². The van der Waals surface area contributed by atoms with E-state index in [4.69, 9.17) is 15.8 Å². The monoisotopic (exact) mass is 478 g/mol. The first-order chi connectivity index (χ1) is 16.2. The molecule has 186 valence electrons. The van der Waals surface area contributed by atoms with Gasteiger partial charge in [-0.3, -0.25) is 4.79 Å². The van der Waals surface area contributed by atoms with Crippen LogP contribution in [0.25, 0.3) is 5.65 Å². The summed E-state index contributed by atoms with van der Waals surface area (Å²) in [5.74, 6) is -2.01. The highest BCUT2D eigenvalue weighted by Gasteiger charge is 2.49. The SMILES string of the molecule is Cc1cn2nc(C3CCCCN3C(=O)C3CCCCC3C(F)(F)F)cc2nc1N1CCC(N)C1. The van der Waals surface area contributed by atoms with Crippen molar-refractivity contribution in [1.82, 2.24) is 19.5 Å². The van der Waals surface area contributed by atoms with E-state index in [-0.39, 0.29) is 24.4 Å². The number of anilines is 1. The molecule has 2 N–H and O–H groups in total. The van der Waals surface area contributed by atoms with Crippen LogP contribution in [-0.2, 0) is 4.79 Å². The van der Waals surface area contributed by atoms with Crippen LogP contribution in [-0.4, -0.2) is 57.3 Å². The fraction of sp³-hybridized carbons (Fsp3) is 0.708. The number of aromatic nitrogens is 3. The topological polar surface area (TPSA) is 79.8 Å². The number of piperidine rings is 1. The summed E-state index contributed by atoms with van der Waals surface area (Å²) >= 11 is 0. The van der Waals surface area contributed by atoms with Crippen LogP contribution in [0.3, 0.4) is 0 Å². The molecule has 4 atom stereocenters. The largest absolute Gasteiger partial charge is 0.392 e. The molecule has 2 aromatic rings. The van der Waals surface area contributed by atoms with Gasteiger partial charge in [-0.25, -0.2) is 9.50 Å². The second-order valence-electron chi connectivity index (χ2n) is 10.2. The van der Waals surface area contributed by atoms with Crippen LogP contribution in [0.15, 0.2) is 12.3 Å². The van der Waals surface area contributed by atoms with Gasteiger partial charge < -0.3 is 15.5 Å². The molecular formula is C24H33F3N6O. The number of nitrogens with two attached hydrogens (primary N) is 1. The molecule has 0 aromatic carbocycles. The normalized spacial score (nSPS) is 28.6. The van der Waals surface area contributed by atoms with E-state index in [1.54, 1.807) is 9.42 Å². The minimum absolute atomic E-state index is 0.0406. The van der Waals surface area contributed by atoms with Gasteiger partial charge >= 0.3 is 6.18 Å². The summed E-state index contributed by atoms with van der Waals surface area (Å²) in [7, 11) is 0. The molecule has 7 nitrogen and oxygen atoms in total. The molecule has 0 bridgehead atoms. The predicted octanol–water partition coefficient (Wildman–Crippen LogP) is 4.00. The van der Waals surface area contributed by atoms with E-state index in [1.807, 2.05) is 19.2 Å². The van der Waals surface area contributed by atoms with Gasteiger partial charge in [0.1, 0.15) is 5.82 Å². The first-order valence-electron chi connectivity index (χ1n) is 12.5. The van der Waals surface area contributed by atoms with Crippen LogP contribution < -0.4 is 10.6 Å². The molecule has 1 saturated carbocycles. The van der Waals surface area contributed by atoms with Crippen molar-refractivity contribution in [2.45, 2.75) is 76.6 Å². The van der Waals surface area contributed by atoms with Crippen molar-refractivity contribution < 1.29 is 18.0 Å². The number of aryl methyl sites for hydroxylation is 1. The summed E-state index contributed by atoms with van der Waals surface area (Å²) in [4.78, 5) is 22.2. The van der Waals surface area contributed by atoms with Gasteiger partial charge in [0.2, 0.25) is 5.91 Å². The summed E-state index contributed by atoms with van der Waals surface area (Å²) in [5, 5.41) is 4.72. The Hall–Kier alpha value is -2.36. The number of hydrogen-bond donors (Lipinski definition) is 1. The lowest BCUT2D eigenvalue weighted by molar-refractivity contribution is -0.201. The fourth-order valence-electron chi connectivity index (χ4n) is 6.02. The van der Waals surface area contributed by atoms with Gasteiger partial charge in [0, 0.05) is 49.4 Å². The Morgan fingerprint density at radius 2 is 1.85 bits per heavy atom. The van der Waals surface area contributed by atoms with E-state index in [2.05, 4.69) is 4.90 Å². The minimum Gasteiger partial charge on any atom is -0.355 e. The third kappa shape index (κ3) is 4.36. The zero-order chi connectivity index (χ0) is 24.0. The van der Waals surface area contributed by atoms with Crippen LogP contribution in [0.1, 0.15) is 68.7 Å². The van der Waals surface area contributed by atoms with E-state index in [0.717, 1.165) is 43.7 Å². The van der Waals surface area contributed by atoms with E-state index < -0.39 is 18.0 Å². The summed E-state index contributed by atoms with van der Waals surface area (Å²) in [5.41, 5.74) is 8.45. The van der Waals surface area contributed by atoms with Crippen molar-refractivity contribution in [2.75, 3.05) is 24.5 Å². The lowest BCUT2D eigenvalue weighted by atomic mass is 9.77. The number of carbonyl (C=O) groups is 1. The molecule has 5 rings (SSSR count). The highest BCUT2D eigenvalue weighted by molar-refractivity contribution is 5.80. The molecule has 2 aromatic heterocycles. The highest BCUT2D eigenvalue weighted by Crippen LogP contribution is 2.44. The smallest absolute Gasteiger partial charge is 0.355 e. The first-order valence-corrected chi connectivity index (χ1v) is 12.5. The van der Waals surface area contributed by atoms with Gasteiger partial charge in [-0.05, 0) is 45.4 Å². The highest BCUT2D eigenvalue weighted by atomic mass is 19.4. The first kappa shape index (κ1) is 23.4. The van der Waals surface area contributed by atoms with Gasteiger partial charge in [0.15, 0.2) is 5.65 Å². The van der Waals surface area contributed by atoms with Crippen LogP contribution >= 0.6 is 0 Å². The maximum absolute atomic E-state index is 13.7. The molecule has 4 heterocycles. The Labute approximate surface area is 197 Å². The second kappa shape index (κ2) is 9.02. The molecule has 3 aliphatic rings. The Morgan fingerprint density at radius 3 is 2.59 bits per heavy atom. The molecule has 2 aliphatic heterocycles. The minimum atomic E-state index is -4.34. The Bertz CT molecular complexity index is 1050. The van der Waals surface area contributed by atoms with Gasteiger partial charge in [0.05, 0.1) is 17.7 Å².